The van der Waals surface area contributed by atoms with Gasteiger partial charge in [0, 0.05) is 0 Å². The molecule has 0 aromatic carbocycles. The Morgan fingerprint density at radius 3 is 3.22 bits per heavy atom. The first kappa shape index (κ1) is 5.28. The van der Waals surface area contributed by atoms with Crippen LogP contribution in [-0.2, 0) is 0 Å². The molecule has 1 fully saturated rings. The van der Waals surface area contributed by atoms with Crippen LogP contribution in [0.2, 0.25) is 0 Å². The fourth-order valence-corrected chi connectivity index (χ4v) is 1.80. The first-order chi connectivity index (χ1) is 4.47. The summed E-state index contributed by atoms with van der Waals surface area (Å²) in [5.74, 6) is 1.62. The molecule has 0 N–H and O–H groups in total. The Morgan fingerprint density at radius 2 is 2.33 bits per heavy atom. The molecule has 0 aliphatic heterocycles. The molecule has 2 rings (SSSR count). The van der Waals surface area contributed by atoms with Gasteiger partial charge in [-0.2, -0.15) is 0 Å². The van der Waals surface area contributed by atoms with Crippen LogP contribution in [0.5, 0.6) is 0 Å². The van der Waals surface area contributed by atoms with Crippen molar-refractivity contribution in [3.05, 3.63) is 24.3 Å². The predicted molar refractivity (Wildman–Crippen MR) is 37.8 cm³/mol. The molecule has 0 aromatic rings. The fraction of sp³-hybridized carbons (Fsp3) is 0.556. The lowest BCUT2D eigenvalue weighted by molar-refractivity contribution is 0.538. The highest BCUT2D eigenvalue weighted by Gasteiger charge is 2.23. The van der Waals surface area contributed by atoms with Crippen molar-refractivity contribution >= 4 is 0 Å². The molecule has 0 heterocycles. The van der Waals surface area contributed by atoms with Crippen LogP contribution < -0.4 is 0 Å². The van der Waals surface area contributed by atoms with Crippen LogP contribution in [0.25, 0.3) is 0 Å². The smallest absolute Gasteiger partial charge is 0.00961 e. The lowest BCUT2D eigenvalue weighted by Gasteiger charge is -2.12. The van der Waals surface area contributed by atoms with Crippen LogP contribution in [0.1, 0.15) is 19.3 Å². The van der Waals surface area contributed by atoms with E-state index in [9.17, 15) is 0 Å². The largest absolute Gasteiger partial charge is 0.0808 e. The van der Waals surface area contributed by atoms with Crippen LogP contribution in [0.4, 0.5) is 0 Å². The summed E-state index contributed by atoms with van der Waals surface area (Å²) in [5.41, 5.74) is 0. The van der Waals surface area contributed by atoms with E-state index in [2.05, 4.69) is 24.3 Å². The molecular formula is C9H11. The third-order valence-corrected chi connectivity index (χ3v) is 2.33. The maximum atomic E-state index is 3.37. The molecule has 0 spiro atoms. The second-order valence-corrected chi connectivity index (χ2v) is 2.92. The standard InChI is InChI=1S/C9H11/c1-2-5-9-7-3-6-8(9)4-1/h1-2,4,8-9H,3,6-7H2. The van der Waals surface area contributed by atoms with Gasteiger partial charge >= 0.3 is 0 Å². The van der Waals surface area contributed by atoms with Gasteiger partial charge in [0.2, 0.25) is 0 Å². The van der Waals surface area contributed by atoms with Crippen LogP contribution in [-0.4, -0.2) is 0 Å². The van der Waals surface area contributed by atoms with E-state index < -0.39 is 0 Å². The zero-order valence-corrected chi connectivity index (χ0v) is 5.51. The molecule has 47 valence electrons. The van der Waals surface area contributed by atoms with Gasteiger partial charge in [0.1, 0.15) is 0 Å². The molecule has 0 nitrogen and oxygen atoms in total. The van der Waals surface area contributed by atoms with Crippen molar-refractivity contribution in [2.75, 3.05) is 0 Å². The van der Waals surface area contributed by atoms with Crippen LogP contribution in [0.15, 0.2) is 18.2 Å². The highest BCUT2D eigenvalue weighted by molar-refractivity contribution is 5.12. The van der Waals surface area contributed by atoms with Gasteiger partial charge in [-0.1, -0.05) is 24.6 Å². The van der Waals surface area contributed by atoms with Gasteiger partial charge in [0.05, 0.1) is 0 Å². The maximum absolute atomic E-state index is 3.37. The molecule has 1 saturated carbocycles. The monoisotopic (exact) mass is 119 g/mol. The van der Waals surface area contributed by atoms with Crippen LogP contribution >= 0.6 is 0 Å². The van der Waals surface area contributed by atoms with E-state index in [0.717, 1.165) is 11.8 Å². The van der Waals surface area contributed by atoms with Crippen molar-refractivity contribution in [2.45, 2.75) is 19.3 Å². The molecule has 0 heteroatoms. The van der Waals surface area contributed by atoms with Gasteiger partial charge < -0.3 is 0 Å². The summed E-state index contributed by atoms with van der Waals surface area (Å²) in [6.45, 7) is 0. The second kappa shape index (κ2) is 2.02. The average Bonchev–Trinajstić information content (AvgIpc) is 2.33. The lowest BCUT2D eigenvalue weighted by Crippen LogP contribution is -2.03. The third kappa shape index (κ3) is 0.827. The van der Waals surface area contributed by atoms with E-state index in [-0.39, 0.29) is 0 Å². The topological polar surface area (TPSA) is 0 Å². The summed E-state index contributed by atoms with van der Waals surface area (Å²) in [6, 6.07) is 0. The minimum Gasteiger partial charge on any atom is -0.0808 e. The zero-order chi connectivity index (χ0) is 6.10. The van der Waals surface area contributed by atoms with E-state index in [4.69, 9.17) is 0 Å². The number of rotatable bonds is 0. The Balaban J connectivity index is 2.18. The minimum atomic E-state index is 0.773. The highest BCUT2D eigenvalue weighted by Crippen LogP contribution is 2.34. The van der Waals surface area contributed by atoms with E-state index in [1.54, 1.807) is 0 Å². The first-order valence-electron chi connectivity index (χ1n) is 3.73. The third-order valence-electron chi connectivity index (χ3n) is 2.33. The molecular weight excluding hydrogens is 108 g/mol. The minimum absolute atomic E-state index is 0.773. The first-order valence-corrected chi connectivity index (χ1v) is 3.73. The Bertz CT molecular complexity index is 135. The molecule has 2 aliphatic carbocycles. The SMILES string of the molecule is [C]1=CC=CC2CCCC12. The summed E-state index contributed by atoms with van der Waals surface area (Å²) >= 11 is 0. The van der Waals surface area contributed by atoms with Crippen molar-refractivity contribution in [2.24, 2.45) is 11.8 Å². The van der Waals surface area contributed by atoms with Gasteiger partial charge in [-0.3, -0.25) is 0 Å². The van der Waals surface area contributed by atoms with Crippen LogP contribution in [0, 0.1) is 17.9 Å². The summed E-state index contributed by atoms with van der Waals surface area (Å²) in [7, 11) is 0. The van der Waals surface area contributed by atoms with Crippen molar-refractivity contribution in [1.82, 2.24) is 0 Å². The van der Waals surface area contributed by atoms with Crippen molar-refractivity contribution in [1.29, 1.82) is 0 Å². The Morgan fingerprint density at radius 1 is 1.33 bits per heavy atom. The van der Waals surface area contributed by atoms with Gasteiger partial charge in [0.15, 0.2) is 0 Å². The van der Waals surface area contributed by atoms with Crippen LogP contribution in [0.3, 0.4) is 0 Å². The quantitative estimate of drug-likeness (QED) is 0.459. The summed E-state index contributed by atoms with van der Waals surface area (Å²) in [6.07, 6.45) is 14.1. The number of hydrogen-bond acceptors (Lipinski definition) is 0. The van der Waals surface area contributed by atoms with Crippen molar-refractivity contribution in [3.8, 4) is 0 Å². The summed E-state index contributed by atoms with van der Waals surface area (Å²) in [4.78, 5) is 0. The van der Waals surface area contributed by atoms with Crippen molar-refractivity contribution in [3.63, 3.8) is 0 Å². The van der Waals surface area contributed by atoms with E-state index >= 15 is 0 Å². The molecule has 1 radical (unpaired) electrons. The fourth-order valence-electron chi connectivity index (χ4n) is 1.80. The Kier molecular flexibility index (Phi) is 1.18. The average molecular weight is 119 g/mol. The van der Waals surface area contributed by atoms with E-state index in [1.165, 1.54) is 19.3 Å². The molecule has 2 atom stereocenters. The maximum Gasteiger partial charge on any atom is -0.00961 e. The van der Waals surface area contributed by atoms with Crippen molar-refractivity contribution < 1.29 is 0 Å². The highest BCUT2D eigenvalue weighted by atomic mass is 14.3. The zero-order valence-electron chi connectivity index (χ0n) is 5.51. The van der Waals surface area contributed by atoms with Gasteiger partial charge in [0.25, 0.3) is 0 Å². The molecule has 9 heavy (non-hydrogen) atoms. The summed E-state index contributed by atoms with van der Waals surface area (Å²) < 4.78 is 0. The summed E-state index contributed by atoms with van der Waals surface area (Å²) in [5, 5.41) is 0. The van der Waals surface area contributed by atoms with E-state index in [0.29, 0.717) is 0 Å². The Labute approximate surface area is 56.3 Å². The number of allylic oxidation sites excluding steroid dienone is 4. The predicted octanol–water partition coefficient (Wildman–Crippen LogP) is 2.33. The molecule has 0 saturated heterocycles. The Hall–Kier alpha value is -0.520. The van der Waals surface area contributed by atoms with E-state index in [1.807, 2.05) is 0 Å². The molecule has 0 bridgehead atoms. The van der Waals surface area contributed by atoms with Gasteiger partial charge in [-0.05, 0) is 30.8 Å². The van der Waals surface area contributed by atoms with Gasteiger partial charge in [-0.25, -0.2) is 0 Å². The number of fused-ring (bicyclic) bond motifs is 1. The molecule has 2 aliphatic rings. The molecule has 0 amide bonds. The van der Waals surface area contributed by atoms with Gasteiger partial charge in [-0.15, -0.1) is 0 Å². The molecule has 2 unspecified atom stereocenters. The normalized spacial score (nSPS) is 39.1. The number of hydrogen-bond donors (Lipinski definition) is 0. The lowest BCUT2D eigenvalue weighted by atomic mass is 9.92. The molecule has 0 aromatic heterocycles. The second-order valence-electron chi connectivity index (χ2n) is 2.92.